The average Bonchev–Trinajstić information content (AvgIpc) is 3.31. The molecule has 1 aromatic heterocycles. The molecule has 3 aromatic rings. The Morgan fingerprint density at radius 1 is 1.18 bits per heavy atom. The normalized spacial score (nSPS) is 13.8. The maximum absolute atomic E-state index is 12.8. The van der Waals surface area contributed by atoms with E-state index in [0.29, 0.717) is 41.5 Å². The number of benzene rings is 2. The largest absolute Gasteiger partial charge is 0.319 e. The fraction of sp³-hybridized carbons (Fsp3) is 0.190. The highest BCUT2D eigenvalue weighted by atomic mass is 35.5. The Morgan fingerprint density at radius 3 is 2.75 bits per heavy atom. The average molecular weight is 395 g/mol. The Labute approximate surface area is 167 Å². The Morgan fingerprint density at radius 2 is 2.00 bits per heavy atom. The van der Waals surface area contributed by atoms with Gasteiger partial charge in [0.25, 0.3) is 5.91 Å². The highest BCUT2D eigenvalue weighted by Gasteiger charge is 2.26. The number of hydrogen-bond acceptors (Lipinski definition) is 3. The molecule has 7 heteroatoms. The smallest absolute Gasteiger partial charge is 0.257 e. The molecule has 0 saturated carbocycles. The summed E-state index contributed by atoms with van der Waals surface area (Å²) < 4.78 is 1.76. The third-order valence-electron chi connectivity index (χ3n) is 4.65. The van der Waals surface area contributed by atoms with Gasteiger partial charge in [-0.2, -0.15) is 5.10 Å². The molecule has 6 nitrogen and oxygen atoms in total. The summed E-state index contributed by atoms with van der Waals surface area (Å²) in [4.78, 5) is 26.6. The van der Waals surface area contributed by atoms with Gasteiger partial charge in [0.05, 0.1) is 29.7 Å². The zero-order valence-electron chi connectivity index (χ0n) is 15.1. The molecule has 0 radical (unpaired) electrons. The molecule has 1 aliphatic heterocycles. The Bertz CT molecular complexity index is 1020. The van der Waals surface area contributed by atoms with Crippen molar-refractivity contribution in [2.75, 3.05) is 16.8 Å². The van der Waals surface area contributed by atoms with E-state index in [1.54, 1.807) is 40.2 Å². The summed E-state index contributed by atoms with van der Waals surface area (Å²) in [5.41, 5.74) is 2.67. The second-order valence-electron chi connectivity index (χ2n) is 6.68. The number of nitrogens with one attached hydrogen (secondary N) is 1. The SMILES string of the molecule is O=C(Nc1cnn(Cc2ccccc2)c1)c1ccc(Cl)cc1N1CCCC1=O. The summed E-state index contributed by atoms with van der Waals surface area (Å²) in [5.74, 6) is -0.294. The van der Waals surface area contributed by atoms with E-state index in [1.807, 2.05) is 30.3 Å². The van der Waals surface area contributed by atoms with Crippen molar-refractivity contribution in [1.29, 1.82) is 0 Å². The third kappa shape index (κ3) is 3.92. The maximum Gasteiger partial charge on any atom is 0.257 e. The summed E-state index contributed by atoms with van der Waals surface area (Å²) in [5, 5.41) is 7.65. The zero-order valence-corrected chi connectivity index (χ0v) is 15.9. The van der Waals surface area contributed by atoms with Crippen molar-refractivity contribution >= 4 is 34.8 Å². The standard InChI is InChI=1S/C21H19ClN4O2/c22-16-8-9-18(19(11-16)26-10-4-7-20(26)27)21(28)24-17-12-23-25(14-17)13-15-5-2-1-3-6-15/h1-3,5-6,8-9,11-12,14H,4,7,10,13H2,(H,24,28). The molecule has 0 unspecified atom stereocenters. The van der Waals surface area contributed by atoms with Crippen molar-refractivity contribution in [1.82, 2.24) is 9.78 Å². The van der Waals surface area contributed by atoms with Gasteiger partial charge < -0.3 is 10.2 Å². The number of amides is 2. The van der Waals surface area contributed by atoms with Crippen LogP contribution in [0.2, 0.25) is 5.02 Å². The first kappa shape index (κ1) is 18.3. The van der Waals surface area contributed by atoms with Crippen LogP contribution < -0.4 is 10.2 Å². The molecule has 2 amide bonds. The van der Waals surface area contributed by atoms with Crippen LogP contribution in [0.1, 0.15) is 28.8 Å². The first-order valence-electron chi connectivity index (χ1n) is 9.08. The minimum absolute atomic E-state index is 0.00648. The van der Waals surface area contributed by atoms with Gasteiger partial charge in [0.15, 0.2) is 0 Å². The number of anilines is 2. The molecule has 0 spiro atoms. The van der Waals surface area contributed by atoms with E-state index < -0.39 is 0 Å². The second-order valence-corrected chi connectivity index (χ2v) is 7.11. The van der Waals surface area contributed by atoms with Crippen LogP contribution in [0, 0.1) is 0 Å². The quantitative estimate of drug-likeness (QED) is 0.712. The first-order chi connectivity index (χ1) is 13.6. The van der Waals surface area contributed by atoms with Crippen LogP contribution in [0.25, 0.3) is 0 Å². The van der Waals surface area contributed by atoms with E-state index in [9.17, 15) is 9.59 Å². The Kier molecular flexibility index (Phi) is 5.12. The molecule has 0 atom stereocenters. The van der Waals surface area contributed by atoms with Gasteiger partial charge in [-0.25, -0.2) is 0 Å². The molecule has 0 bridgehead atoms. The van der Waals surface area contributed by atoms with Crippen LogP contribution in [0.4, 0.5) is 11.4 Å². The van der Waals surface area contributed by atoms with Gasteiger partial charge in [0.1, 0.15) is 0 Å². The van der Waals surface area contributed by atoms with E-state index in [1.165, 1.54) is 0 Å². The van der Waals surface area contributed by atoms with Gasteiger partial charge in [-0.05, 0) is 30.2 Å². The number of carbonyl (C=O) groups excluding carboxylic acids is 2. The topological polar surface area (TPSA) is 67.2 Å². The monoisotopic (exact) mass is 394 g/mol. The molecular weight excluding hydrogens is 376 g/mol. The van der Waals surface area contributed by atoms with Gasteiger partial charge in [-0.1, -0.05) is 41.9 Å². The predicted molar refractivity (Wildman–Crippen MR) is 109 cm³/mol. The summed E-state index contributed by atoms with van der Waals surface area (Å²) in [6.07, 6.45) is 4.65. The molecule has 2 aromatic carbocycles. The highest BCUT2D eigenvalue weighted by Crippen LogP contribution is 2.29. The molecule has 4 rings (SSSR count). The van der Waals surface area contributed by atoms with Crippen LogP contribution in [-0.4, -0.2) is 28.1 Å². The minimum atomic E-state index is -0.300. The van der Waals surface area contributed by atoms with E-state index in [0.717, 1.165) is 12.0 Å². The van der Waals surface area contributed by atoms with Crippen molar-refractivity contribution in [3.05, 3.63) is 77.1 Å². The first-order valence-corrected chi connectivity index (χ1v) is 9.45. The lowest BCUT2D eigenvalue weighted by atomic mass is 10.1. The van der Waals surface area contributed by atoms with Gasteiger partial charge in [-0.15, -0.1) is 0 Å². The molecule has 1 N–H and O–H groups in total. The number of aromatic nitrogens is 2. The van der Waals surface area contributed by atoms with Gasteiger partial charge >= 0.3 is 0 Å². The lowest BCUT2D eigenvalue weighted by molar-refractivity contribution is -0.117. The number of nitrogens with zero attached hydrogens (tertiary/aromatic N) is 3. The molecule has 0 aliphatic carbocycles. The van der Waals surface area contributed by atoms with Gasteiger partial charge in [0, 0.05) is 24.2 Å². The van der Waals surface area contributed by atoms with Crippen molar-refractivity contribution < 1.29 is 9.59 Å². The highest BCUT2D eigenvalue weighted by molar-refractivity contribution is 6.31. The van der Waals surface area contributed by atoms with Crippen molar-refractivity contribution in [2.45, 2.75) is 19.4 Å². The molecule has 2 heterocycles. The molecule has 1 fully saturated rings. The van der Waals surface area contributed by atoms with Crippen molar-refractivity contribution in [3.63, 3.8) is 0 Å². The van der Waals surface area contributed by atoms with E-state index in [4.69, 9.17) is 11.6 Å². The molecular formula is C21H19ClN4O2. The minimum Gasteiger partial charge on any atom is -0.319 e. The van der Waals surface area contributed by atoms with Crippen LogP contribution in [0.5, 0.6) is 0 Å². The lowest BCUT2D eigenvalue weighted by Gasteiger charge is -2.19. The summed E-state index contributed by atoms with van der Waals surface area (Å²) in [6, 6.07) is 14.9. The van der Waals surface area contributed by atoms with Crippen molar-refractivity contribution in [2.24, 2.45) is 0 Å². The molecule has 28 heavy (non-hydrogen) atoms. The lowest BCUT2D eigenvalue weighted by Crippen LogP contribution is -2.27. The Hall–Kier alpha value is -3.12. The summed E-state index contributed by atoms with van der Waals surface area (Å²) in [7, 11) is 0. The van der Waals surface area contributed by atoms with Crippen molar-refractivity contribution in [3.8, 4) is 0 Å². The van der Waals surface area contributed by atoms with E-state index >= 15 is 0 Å². The van der Waals surface area contributed by atoms with E-state index in [2.05, 4.69) is 10.4 Å². The predicted octanol–water partition coefficient (Wildman–Crippen LogP) is 3.96. The fourth-order valence-electron chi connectivity index (χ4n) is 3.31. The van der Waals surface area contributed by atoms with Crippen LogP contribution in [-0.2, 0) is 11.3 Å². The number of rotatable bonds is 5. The number of carbonyl (C=O) groups is 2. The van der Waals surface area contributed by atoms with Crippen LogP contribution in [0.15, 0.2) is 60.9 Å². The van der Waals surface area contributed by atoms with Gasteiger partial charge in [0.2, 0.25) is 5.91 Å². The van der Waals surface area contributed by atoms with Gasteiger partial charge in [-0.3, -0.25) is 14.3 Å². The summed E-state index contributed by atoms with van der Waals surface area (Å²) >= 11 is 6.11. The maximum atomic E-state index is 12.8. The zero-order chi connectivity index (χ0) is 19.5. The Balaban J connectivity index is 1.52. The molecule has 142 valence electrons. The summed E-state index contributed by atoms with van der Waals surface area (Å²) in [6.45, 7) is 1.21. The van der Waals surface area contributed by atoms with E-state index in [-0.39, 0.29) is 11.8 Å². The third-order valence-corrected chi connectivity index (χ3v) is 4.88. The molecule has 1 saturated heterocycles. The molecule has 1 aliphatic rings. The van der Waals surface area contributed by atoms with Crippen LogP contribution in [0.3, 0.4) is 0 Å². The number of halogens is 1. The van der Waals surface area contributed by atoms with Crippen LogP contribution >= 0.6 is 11.6 Å². The number of hydrogen-bond donors (Lipinski definition) is 1. The fourth-order valence-corrected chi connectivity index (χ4v) is 3.47. The second kappa shape index (κ2) is 7.86.